The standard InChI is InChI=1S/C31H32Cl2F2N2O6/c1-19(39)37-26(30(40)36-10-11-38)16-20-12-22(6-3-2-4-8-32)29-25(15-20)28(27(43-29)7-5-9-33)31(41)42-18-21-13-23(34)17-24(35)14-21/h12-15,17,26,38H,2,4-5,7-11,16,18H2,1H3,(H,36,40)(H,37,39)/t26-/m0/s1. The number of amides is 2. The number of unbranched alkanes of at least 4 members (excludes halogenated alkanes) is 1. The molecule has 3 rings (SSSR count). The summed E-state index contributed by atoms with van der Waals surface area (Å²) in [5.41, 5.74) is 1.54. The van der Waals surface area contributed by atoms with E-state index in [0.29, 0.717) is 71.4 Å². The molecule has 230 valence electrons. The fourth-order valence-electron chi connectivity index (χ4n) is 4.37. The normalized spacial score (nSPS) is 11.5. The fourth-order valence-corrected chi connectivity index (χ4v) is 4.63. The Morgan fingerprint density at radius 1 is 1.05 bits per heavy atom. The van der Waals surface area contributed by atoms with Crippen LogP contribution in [0.15, 0.2) is 34.7 Å². The number of aliphatic hydroxyl groups is 1. The van der Waals surface area contributed by atoms with E-state index in [4.69, 9.17) is 37.5 Å². The highest BCUT2D eigenvalue weighted by Gasteiger charge is 2.26. The Hall–Kier alpha value is -3.65. The number of alkyl halides is 2. The van der Waals surface area contributed by atoms with Gasteiger partial charge in [0.2, 0.25) is 11.8 Å². The highest BCUT2D eigenvalue weighted by molar-refractivity contribution is 6.18. The van der Waals surface area contributed by atoms with E-state index in [2.05, 4.69) is 22.5 Å². The molecule has 43 heavy (non-hydrogen) atoms. The van der Waals surface area contributed by atoms with Gasteiger partial charge in [-0.2, -0.15) is 0 Å². The van der Waals surface area contributed by atoms with Crippen LogP contribution in [0.25, 0.3) is 11.0 Å². The maximum atomic E-state index is 13.7. The first-order valence-electron chi connectivity index (χ1n) is 13.6. The number of aryl methyl sites for hydroxylation is 1. The van der Waals surface area contributed by atoms with Gasteiger partial charge in [-0.15, -0.1) is 23.2 Å². The van der Waals surface area contributed by atoms with Gasteiger partial charge in [-0.1, -0.05) is 11.8 Å². The lowest BCUT2D eigenvalue weighted by molar-refractivity contribution is -0.128. The van der Waals surface area contributed by atoms with Crippen molar-refractivity contribution in [2.45, 2.75) is 51.7 Å². The molecule has 3 aromatic rings. The number of ether oxygens (including phenoxy) is 1. The zero-order chi connectivity index (χ0) is 31.4. The molecule has 0 fully saturated rings. The van der Waals surface area contributed by atoms with Gasteiger partial charge in [0.15, 0.2) is 5.58 Å². The van der Waals surface area contributed by atoms with E-state index < -0.39 is 42.1 Å². The van der Waals surface area contributed by atoms with Crippen molar-refractivity contribution < 1.29 is 37.4 Å². The summed E-state index contributed by atoms with van der Waals surface area (Å²) in [6, 6.07) is 5.22. The van der Waals surface area contributed by atoms with Crippen LogP contribution in [0.5, 0.6) is 0 Å². The van der Waals surface area contributed by atoms with Gasteiger partial charge in [0.05, 0.1) is 12.2 Å². The second-order valence-corrected chi connectivity index (χ2v) is 10.4. The van der Waals surface area contributed by atoms with Gasteiger partial charge in [-0.25, -0.2) is 13.6 Å². The minimum Gasteiger partial charge on any atom is -0.459 e. The molecule has 0 bridgehead atoms. The summed E-state index contributed by atoms with van der Waals surface area (Å²) in [7, 11) is 0. The van der Waals surface area contributed by atoms with E-state index in [0.717, 1.165) is 12.1 Å². The minimum absolute atomic E-state index is 0.00210. The van der Waals surface area contributed by atoms with Crippen LogP contribution in [0, 0.1) is 23.5 Å². The summed E-state index contributed by atoms with van der Waals surface area (Å²) >= 11 is 11.7. The molecule has 8 nitrogen and oxygen atoms in total. The average Bonchev–Trinajstić information content (AvgIpc) is 3.33. The van der Waals surface area contributed by atoms with Crippen molar-refractivity contribution >= 4 is 52.0 Å². The maximum Gasteiger partial charge on any atom is 0.342 e. The van der Waals surface area contributed by atoms with Gasteiger partial charge in [0.1, 0.15) is 35.6 Å². The predicted octanol–water partition coefficient (Wildman–Crippen LogP) is 4.77. The van der Waals surface area contributed by atoms with E-state index in [1.807, 2.05) is 0 Å². The number of carbonyl (C=O) groups excluding carboxylic acids is 3. The third-order valence-corrected chi connectivity index (χ3v) is 6.69. The van der Waals surface area contributed by atoms with Crippen LogP contribution in [0.3, 0.4) is 0 Å². The smallest absolute Gasteiger partial charge is 0.342 e. The molecule has 1 heterocycles. The number of hydrogen-bond donors (Lipinski definition) is 3. The second kappa shape index (κ2) is 16.8. The molecule has 1 atom stereocenters. The number of fused-ring (bicyclic) bond motifs is 1. The van der Waals surface area contributed by atoms with Crippen LogP contribution in [-0.4, -0.2) is 53.8 Å². The average molecular weight is 638 g/mol. The Balaban J connectivity index is 2.10. The van der Waals surface area contributed by atoms with Gasteiger partial charge in [-0.05, 0) is 48.2 Å². The maximum absolute atomic E-state index is 13.7. The quantitative estimate of drug-likeness (QED) is 0.102. The molecule has 0 aliphatic heterocycles. The van der Waals surface area contributed by atoms with Crippen LogP contribution in [0.2, 0.25) is 0 Å². The number of hydrogen-bond acceptors (Lipinski definition) is 6. The number of furan rings is 1. The van der Waals surface area contributed by atoms with Crippen LogP contribution in [-0.2, 0) is 33.8 Å². The van der Waals surface area contributed by atoms with Crippen molar-refractivity contribution in [1.82, 2.24) is 10.6 Å². The Morgan fingerprint density at radius 2 is 1.77 bits per heavy atom. The summed E-state index contributed by atoms with van der Waals surface area (Å²) in [4.78, 5) is 38.1. The van der Waals surface area contributed by atoms with Gasteiger partial charge in [0, 0.05) is 55.9 Å². The molecule has 0 saturated carbocycles. The lowest BCUT2D eigenvalue weighted by Gasteiger charge is -2.18. The van der Waals surface area contributed by atoms with Crippen molar-refractivity contribution in [2.75, 3.05) is 24.9 Å². The molecule has 12 heteroatoms. The number of benzene rings is 2. The molecule has 3 N–H and O–H groups in total. The molecule has 1 aromatic heterocycles. The van der Waals surface area contributed by atoms with Gasteiger partial charge < -0.3 is 24.9 Å². The molecule has 2 aromatic carbocycles. The van der Waals surface area contributed by atoms with Gasteiger partial charge in [-0.3, -0.25) is 9.59 Å². The summed E-state index contributed by atoms with van der Waals surface area (Å²) in [6.07, 6.45) is 1.97. The number of aliphatic hydroxyl groups excluding tert-OH is 1. The van der Waals surface area contributed by atoms with Crippen molar-refractivity contribution in [3.05, 3.63) is 70.0 Å². The van der Waals surface area contributed by atoms with Crippen molar-refractivity contribution in [3.8, 4) is 11.8 Å². The Bertz CT molecular complexity index is 1500. The number of carbonyl (C=O) groups is 3. The van der Waals surface area contributed by atoms with Crippen LogP contribution >= 0.6 is 23.2 Å². The SMILES string of the molecule is CC(=O)N[C@@H](Cc1cc(C#CCCCCl)c2oc(CCCCl)c(C(=O)OCc3cc(F)cc(F)c3)c2c1)C(=O)NCCO. The highest BCUT2D eigenvalue weighted by Crippen LogP contribution is 2.32. The molecule has 0 aliphatic carbocycles. The number of esters is 1. The van der Waals surface area contributed by atoms with Crippen molar-refractivity contribution in [1.29, 1.82) is 0 Å². The van der Waals surface area contributed by atoms with Gasteiger partial charge in [0.25, 0.3) is 0 Å². The molecule has 0 aliphatic rings. The first kappa shape index (κ1) is 33.8. The first-order chi connectivity index (χ1) is 20.7. The zero-order valence-electron chi connectivity index (χ0n) is 23.5. The van der Waals surface area contributed by atoms with E-state index in [1.54, 1.807) is 12.1 Å². The Morgan fingerprint density at radius 3 is 2.42 bits per heavy atom. The third kappa shape index (κ3) is 9.95. The number of nitrogens with one attached hydrogen (secondary N) is 2. The van der Waals surface area contributed by atoms with Gasteiger partial charge >= 0.3 is 5.97 Å². The molecule has 0 unspecified atom stereocenters. The molecule has 0 spiro atoms. The minimum atomic E-state index is -0.987. The Kier molecular flexibility index (Phi) is 13.3. The summed E-state index contributed by atoms with van der Waals surface area (Å²) in [5, 5.41) is 14.6. The van der Waals surface area contributed by atoms with Crippen molar-refractivity contribution in [2.24, 2.45) is 0 Å². The lowest BCUT2D eigenvalue weighted by atomic mass is 9.98. The van der Waals surface area contributed by atoms with Crippen LogP contribution < -0.4 is 10.6 Å². The van der Waals surface area contributed by atoms with E-state index in [1.165, 1.54) is 6.92 Å². The van der Waals surface area contributed by atoms with E-state index >= 15 is 0 Å². The van der Waals surface area contributed by atoms with Crippen LogP contribution in [0.1, 0.15) is 59.0 Å². The first-order valence-corrected chi connectivity index (χ1v) is 14.7. The third-order valence-electron chi connectivity index (χ3n) is 6.16. The summed E-state index contributed by atoms with van der Waals surface area (Å²) in [6.45, 7) is 0.610. The highest BCUT2D eigenvalue weighted by atomic mass is 35.5. The lowest BCUT2D eigenvalue weighted by Crippen LogP contribution is -2.48. The summed E-state index contributed by atoms with van der Waals surface area (Å²) < 4.78 is 39.0. The van der Waals surface area contributed by atoms with E-state index in [9.17, 15) is 23.2 Å². The fraction of sp³-hybridized carbons (Fsp3) is 0.387. The monoisotopic (exact) mass is 636 g/mol. The molecule has 0 saturated heterocycles. The van der Waals surface area contributed by atoms with Crippen LogP contribution in [0.4, 0.5) is 8.78 Å². The molecular weight excluding hydrogens is 605 g/mol. The largest absolute Gasteiger partial charge is 0.459 e. The molecule has 0 radical (unpaired) electrons. The van der Waals surface area contributed by atoms with Crippen molar-refractivity contribution in [3.63, 3.8) is 0 Å². The zero-order valence-corrected chi connectivity index (χ0v) is 25.0. The Labute approximate surface area is 258 Å². The number of halogens is 4. The molecule has 2 amide bonds. The molecular formula is C31H32Cl2F2N2O6. The van der Waals surface area contributed by atoms with E-state index in [-0.39, 0.29) is 30.7 Å². The second-order valence-electron chi connectivity index (χ2n) is 9.63. The predicted molar refractivity (Wildman–Crippen MR) is 159 cm³/mol. The topological polar surface area (TPSA) is 118 Å². The number of rotatable bonds is 14. The summed E-state index contributed by atoms with van der Waals surface area (Å²) in [5.74, 6) is 3.79.